The molecular formula is C25H36N4O3. The summed E-state index contributed by atoms with van der Waals surface area (Å²) in [6.45, 7) is 18.3. The number of methoxy groups -OCH3 is 1. The van der Waals surface area contributed by atoms with Crippen LogP contribution in [-0.2, 0) is 4.74 Å². The smallest absolute Gasteiger partial charge is 0.164 e. The molecule has 1 aromatic heterocycles. The number of nitrogens with zero attached hydrogens (tertiary/aromatic N) is 3. The molecule has 0 bridgehead atoms. The largest absolute Gasteiger partial charge is 0.497 e. The van der Waals surface area contributed by atoms with Crippen molar-refractivity contribution in [2.24, 2.45) is 0 Å². The number of hydrogen-bond acceptors (Lipinski definition) is 6. The molecule has 0 amide bonds. The number of aromatic nitrogens is 1. The van der Waals surface area contributed by atoms with Gasteiger partial charge in [-0.3, -0.25) is 5.41 Å². The third kappa shape index (κ3) is 5.22. The number of rotatable bonds is 6. The van der Waals surface area contributed by atoms with E-state index in [1.54, 1.807) is 7.11 Å². The Balaban J connectivity index is 0.00000176. The minimum absolute atomic E-state index is 0.217. The maximum Gasteiger partial charge on any atom is 0.164 e. The molecule has 7 heteroatoms. The first-order valence-electron chi connectivity index (χ1n) is 11.1. The Hall–Kier alpha value is -3.06. The van der Waals surface area contributed by atoms with E-state index in [9.17, 15) is 0 Å². The number of aryl methyl sites for hydroxylation is 1. The van der Waals surface area contributed by atoms with Crippen molar-refractivity contribution in [2.45, 2.75) is 41.5 Å². The minimum Gasteiger partial charge on any atom is -0.497 e. The number of allylic oxidation sites excluding steroid dienone is 1. The number of benzene rings is 1. The summed E-state index contributed by atoms with van der Waals surface area (Å²) in [7, 11) is 1.65. The molecule has 0 saturated carbocycles. The van der Waals surface area contributed by atoms with E-state index in [0.717, 1.165) is 52.0 Å². The molecular weight excluding hydrogens is 404 g/mol. The van der Waals surface area contributed by atoms with Crippen LogP contribution in [0.2, 0.25) is 0 Å². The van der Waals surface area contributed by atoms with Crippen LogP contribution in [-0.4, -0.2) is 49.3 Å². The lowest BCUT2D eigenvalue weighted by molar-refractivity contribution is 0.181. The first-order valence-corrected chi connectivity index (χ1v) is 11.1. The van der Waals surface area contributed by atoms with Gasteiger partial charge in [0, 0.05) is 41.7 Å². The van der Waals surface area contributed by atoms with E-state index in [0.29, 0.717) is 19.0 Å². The summed E-state index contributed by atoms with van der Waals surface area (Å²) in [5, 5.41) is 12.7. The normalized spacial score (nSPS) is 14.9. The van der Waals surface area contributed by atoms with E-state index >= 15 is 0 Å². The third-order valence-corrected chi connectivity index (χ3v) is 5.28. The van der Waals surface area contributed by atoms with Crippen LogP contribution in [0.5, 0.6) is 5.75 Å². The van der Waals surface area contributed by atoms with E-state index in [1.807, 2.05) is 63.8 Å². The van der Waals surface area contributed by atoms with Gasteiger partial charge in [-0.2, -0.15) is 0 Å². The fraction of sp³-hybridized carbons (Fsp3) is 0.440. The van der Waals surface area contributed by atoms with Crippen molar-refractivity contribution >= 4 is 22.8 Å². The van der Waals surface area contributed by atoms with Gasteiger partial charge in [-0.1, -0.05) is 25.6 Å². The lowest BCUT2D eigenvalue weighted by Gasteiger charge is -2.29. The average molecular weight is 441 g/mol. The van der Waals surface area contributed by atoms with Gasteiger partial charge >= 0.3 is 0 Å². The monoisotopic (exact) mass is 440 g/mol. The van der Waals surface area contributed by atoms with Crippen molar-refractivity contribution in [3.8, 4) is 5.75 Å². The van der Waals surface area contributed by atoms with Crippen molar-refractivity contribution in [1.82, 2.24) is 10.1 Å². The van der Waals surface area contributed by atoms with Crippen molar-refractivity contribution in [3.05, 3.63) is 53.6 Å². The summed E-state index contributed by atoms with van der Waals surface area (Å²) in [6, 6.07) is 7.89. The predicted molar refractivity (Wildman–Crippen MR) is 131 cm³/mol. The zero-order valence-electron chi connectivity index (χ0n) is 20.4. The third-order valence-electron chi connectivity index (χ3n) is 5.28. The summed E-state index contributed by atoms with van der Waals surface area (Å²) in [6.07, 6.45) is 0. The zero-order chi connectivity index (χ0) is 23.8. The number of likely N-dealkylation sites (N-methyl/N-ethyl adjacent to an activating group) is 1. The number of anilines is 1. The fourth-order valence-electron chi connectivity index (χ4n) is 3.63. The number of amidine groups is 1. The molecule has 0 saturated heterocycles. The molecule has 2 aromatic rings. The van der Waals surface area contributed by atoms with Gasteiger partial charge in [0.25, 0.3) is 0 Å². The van der Waals surface area contributed by atoms with Crippen LogP contribution in [0.1, 0.15) is 51.6 Å². The van der Waals surface area contributed by atoms with Crippen LogP contribution in [0.25, 0.3) is 11.3 Å². The second kappa shape index (κ2) is 11.5. The highest BCUT2D eigenvalue weighted by molar-refractivity contribution is 5.94. The molecule has 2 heterocycles. The van der Waals surface area contributed by atoms with Crippen molar-refractivity contribution in [1.29, 1.82) is 5.41 Å². The molecule has 7 nitrogen and oxygen atoms in total. The highest BCUT2D eigenvalue weighted by Gasteiger charge is 2.29. The van der Waals surface area contributed by atoms with Crippen molar-refractivity contribution in [3.63, 3.8) is 0 Å². The number of hydrogen-bond donors (Lipinski definition) is 1. The summed E-state index contributed by atoms with van der Waals surface area (Å²) in [5.41, 5.74) is 5.51. The SMILES string of the molecule is C=C1c2cc(OC)ccc2N(CC)/C(=C(\C)c2cc(C)no2)CN1C(=N)COCC.CC. The Labute approximate surface area is 191 Å². The van der Waals surface area contributed by atoms with Gasteiger partial charge in [0.1, 0.15) is 18.2 Å². The Morgan fingerprint density at radius 2 is 1.97 bits per heavy atom. The highest BCUT2D eigenvalue weighted by atomic mass is 16.5. The van der Waals surface area contributed by atoms with Crippen LogP contribution in [0.3, 0.4) is 0 Å². The van der Waals surface area contributed by atoms with Gasteiger partial charge in [0.05, 0.1) is 25.0 Å². The molecule has 174 valence electrons. The topological polar surface area (TPSA) is 74.8 Å². The Bertz CT molecular complexity index is 977. The number of ether oxygens (including phenoxy) is 2. The molecule has 0 radical (unpaired) electrons. The number of fused-ring (bicyclic) bond motifs is 1. The van der Waals surface area contributed by atoms with Gasteiger partial charge in [0.15, 0.2) is 5.76 Å². The van der Waals surface area contributed by atoms with Crippen LogP contribution >= 0.6 is 0 Å². The van der Waals surface area contributed by atoms with Gasteiger partial charge < -0.3 is 23.8 Å². The van der Waals surface area contributed by atoms with Gasteiger partial charge in [-0.05, 0) is 45.9 Å². The molecule has 3 rings (SSSR count). The van der Waals surface area contributed by atoms with E-state index in [1.165, 1.54) is 0 Å². The molecule has 1 N–H and O–H groups in total. The van der Waals surface area contributed by atoms with Crippen molar-refractivity contribution in [2.75, 3.05) is 38.3 Å². The first-order chi connectivity index (χ1) is 15.4. The highest BCUT2D eigenvalue weighted by Crippen LogP contribution is 2.39. The maximum atomic E-state index is 8.65. The molecule has 0 spiro atoms. The summed E-state index contributed by atoms with van der Waals surface area (Å²) < 4.78 is 16.5. The molecule has 1 aromatic carbocycles. The van der Waals surface area contributed by atoms with E-state index in [4.69, 9.17) is 19.4 Å². The molecule has 0 unspecified atom stereocenters. The molecule has 0 atom stereocenters. The molecule has 0 fully saturated rings. The van der Waals surface area contributed by atoms with Gasteiger partial charge in [-0.25, -0.2) is 0 Å². The second-order valence-corrected chi connectivity index (χ2v) is 7.15. The quantitative estimate of drug-likeness (QED) is 0.467. The zero-order valence-corrected chi connectivity index (χ0v) is 20.4. The standard InChI is InChI=1S/C23H30N4O3.C2H6/c1-7-26-20-10-9-18(28-6)12-19(20)17(5)27(23(24)14-29-8-2)13-21(26)16(4)22-11-15(3)25-30-22;1-2/h9-12,24H,5,7-8,13-14H2,1-4,6H3;1-2H3/b21-16+,24-23?;. The minimum atomic E-state index is 0.217. The van der Waals surface area contributed by atoms with Crippen molar-refractivity contribution < 1.29 is 14.0 Å². The first kappa shape index (κ1) is 25.2. The Morgan fingerprint density at radius 1 is 1.25 bits per heavy atom. The lowest BCUT2D eigenvalue weighted by Crippen LogP contribution is -2.35. The molecule has 32 heavy (non-hydrogen) atoms. The summed E-state index contributed by atoms with van der Waals surface area (Å²) >= 11 is 0. The number of nitrogens with one attached hydrogen (secondary N) is 1. The van der Waals surface area contributed by atoms with Crippen LogP contribution < -0.4 is 9.64 Å². The summed E-state index contributed by atoms with van der Waals surface area (Å²) in [5.74, 6) is 1.82. The fourth-order valence-corrected chi connectivity index (χ4v) is 3.63. The lowest BCUT2D eigenvalue weighted by atomic mass is 10.1. The van der Waals surface area contributed by atoms with Gasteiger partial charge in [0.2, 0.25) is 0 Å². The molecule has 1 aliphatic rings. The van der Waals surface area contributed by atoms with E-state index in [-0.39, 0.29) is 6.61 Å². The summed E-state index contributed by atoms with van der Waals surface area (Å²) in [4.78, 5) is 4.13. The average Bonchev–Trinajstić information content (AvgIpc) is 3.21. The van der Waals surface area contributed by atoms with Crippen LogP contribution in [0, 0.1) is 12.3 Å². The maximum absolute atomic E-state index is 8.65. The Kier molecular flexibility index (Phi) is 9.08. The second-order valence-electron chi connectivity index (χ2n) is 7.15. The Morgan fingerprint density at radius 3 is 2.53 bits per heavy atom. The van der Waals surface area contributed by atoms with Crippen LogP contribution in [0.4, 0.5) is 5.69 Å². The predicted octanol–water partition coefficient (Wildman–Crippen LogP) is 5.58. The van der Waals surface area contributed by atoms with E-state index < -0.39 is 0 Å². The van der Waals surface area contributed by atoms with Crippen LogP contribution in [0.15, 0.2) is 41.1 Å². The van der Waals surface area contributed by atoms with E-state index in [2.05, 4.69) is 23.6 Å². The van der Waals surface area contributed by atoms with Gasteiger partial charge in [-0.15, -0.1) is 0 Å². The molecule has 1 aliphatic heterocycles. The molecule has 0 aliphatic carbocycles.